The van der Waals surface area contributed by atoms with Crippen molar-refractivity contribution in [3.63, 3.8) is 0 Å². The number of nitrogens with zero attached hydrogens (tertiary/aromatic N) is 1. The average molecular weight is 535 g/mol. The molecule has 4 aromatic rings. The zero-order valence-electron chi connectivity index (χ0n) is 21.8. The van der Waals surface area contributed by atoms with Crippen molar-refractivity contribution in [2.45, 2.75) is 13.2 Å². The second-order valence-corrected chi connectivity index (χ2v) is 9.15. The molecule has 0 saturated carbocycles. The summed E-state index contributed by atoms with van der Waals surface area (Å²) in [6.45, 7) is 0.828. The van der Waals surface area contributed by atoms with Gasteiger partial charge in [0.25, 0.3) is 0 Å². The molecule has 0 atom stereocenters. The standard InChI is InChI=1S/C29H30N2O6S/c1-33-18-37-17-22-13-21(15-26(35-3)28(22)36-4)27(32)24-10-7-20(29-30-11-12-38-29)14-25(24)31-16-19-5-8-23(34-2)9-6-19/h5-15,31H,16-18H2,1-4H3. The minimum Gasteiger partial charge on any atom is -0.497 e. The van der Waals surface area contributed by atoms with Gasteiger partial charge in [0.15, 0.2) is 17.3 Å². The second-order valence-electron chi connectivity index (χ2n) is 8.25. The topological polar surface area (TPSA) is 88.1 Å². The summed E-state index contributed by atoms with van der Waals surface area (Å²) in [5.74, 6) is 1.58. The van der Waals surface area contributed by atoms with E-state index in [1.165, 1.54) is 7.11 Å². The van der Waals surface area contributed by atoms with Gasteiger partial charge in [-0.3, -0.25) is 4.79 Å². The van der Waals surface area contributed by atoms with E-state index >= 15 is 0 Å². The molecule has 3 aromatic carbocycles. The highest BCUT2D eigenvalue weighted by molar-refractivity contribution is 7.13. The predicted octanol–water partition coefficient (Wildman–Crippen LogP) is 5.80. The molecule has 0 saturated heterocycles. The molecular weight excluding hydrogens is 504 g/mol. The Morgan fingerprint density at radius 2 is 1.76 bits per heavy atom. The molecule has 38 heavy (non-hydrogen) atoms. The maximum Gasteiger partial charge on any atom is 0.195 e. The Kier molecular flexibility index (Phi) is 9.31. The summed E-state index contributed by atoms with van der Waals surface area (Å²) < 4.78 is 26.9. The average Bonchev–Trinajstić information content (AvgIpc) is 3.51. The number of ether oxygens (including phenoxy) is 5. The van der Waals surface area contributed by atoms with Crippen LogP contribution in [0.1, 0.15) is 27.0 Å². The van der Waals surface area contributed by atoms with Crippen molar-refractivity contribution in [3.8, 4) is 27.8 Å². The van der Waals surface area contributed by atoms with Crippen molar-refractivity contribution in [3.05, 3.63) is 88.4 Å². The molecule has 0 aliphatic carbocycles. The van der Waals surface area contributed by atoms with Crippen molar-refractivity contribution in [2.75, 3.05) is 40.5 Å². The number of carbonyl (C=O) groups excluding carboxylic acids is 1. The van der Waals surface area contributed by atoms with E-state index in [2.05, 4.69) is 10.3 Å². The van der Waals surface area contributed by atoms with Crippen LogP contribution >= 0.6 is 11.3 Å². The van der Waals surface area contributed by atoms with Crippen molar-refractivity contribution >= 4 is 22.8 Å². The summed E-state index contributed by atoms with van der Waals surface area (Å²) in [7, 11) is 6.28. The van der Waals surface area contributed by atoms with Crippen LogP contribution in [0.2, 0.25) is 0 Å². The van der Waals surface area contributed by atoms with Gasteiger partial charge in [-0.1, -0.05) is 18.2 Å². The number of nitrogens with one attached hydrogen (secondary N) is 1. The summed E-state index contributed by atoms with van der Waals surface area (Å²) in [5, 5.41) is 6.25. The third kappa shape index (κ3) is 6.31. The minimum atomic E-state index is -0.165. The van der Waals surface area contributed by atoms with Gasteiger partial charge in [-0.2, -0.15) is 0 Å². The molecule has 0 aliphatic heterocycles. The lowest BCUT2D eigenvalue weighted by atomic mass is 9.97. The lowest BCUT2D eigenvalue weighted by Gasteiger charge is -2.17. The number of anilines is 1. The van der Waals surface area contributed by atoms with Crippen LogP contribution in [0.25, 0.3) is 10.6 Å². The zero-order chi connectivity index (χ0) is 26.9. The molecule has 198 valence electrons. The van der Waals surface area contributed by atoms with E-state index in [1.807, 2.05) is 47.8 Å². The molecule has 0 aliphatic rings. The molecule has 0 unspecified atom stereocenters. The van der Waals surface area contributed by atoms with Crippen molar-refractivity contribution in [1.29, 1.82) is 0 Å². The van der Waals surface area contributed by atoms with E-state index in [1.54, 1.807) is 51.0 Å². The van der Waals surface area contributed by atoms with Crippen molar-refractivity contribution in [2.24, 2.45) is 0 Å². The Hall–Kier alpha value is -3.92. The van der Waals surface area contributed by atoms with E-state index in [0.717, 1.165) is 21.9 Å². The number of hydrogen-bond acceptors (Lipinski definition) is 9. The molecule has 1 aromatic heterocycles. The van der Waals surface area contributed by atoms with Crippen LogP contribution in [0, 0.1) is 0 Å². The fourth-order valence-corrected chi connectivity index (χ4v) is 4.64. The zero-order valence-corrected chi connectivity index (χ0v) is 22.6. The largest absolute Gasteiger partial charge is 0.497 e. The molecular formula is C29H30N2O6S. The van der Waals surface area contributed by atoms with Gasteiger partial charge in [0.2, 0.25) is 0 Å². The van der Waals surface area contributed by atoms with E-state index in [-0.39, 0.29) is 19.2 Å². The third-order valence-corrected chi connectivity index (χ3v) is 6.68. The number of thiazole rings is 1. The normalized spacial score (nSPS) is 10.7. The van der Waals surface area contributed by atoms with Crippen LogP contribution in [-0.2, 0) is 22.6 Å². The SMILES string of the molecule is COCOCc1cc(C(=O)c2ccc(-c3nccs3)cc2NCc2ccc(OC)cc2)cc(OC)c1OC. The Morgan fingerprint density at radius 3 is 2.42 bits per heavy atom. The molecule has 9 heteroatoms. The first-order chi connectivity index (χ1) is 18.6. The van der Waals surface area contributed by atoms with Crippen LogP contribution in [-0.4, -0.2) is 46.0 Å². The van der Waals surface area contributed by atoms with Crippen LogP contribution in [0.4, 0.5) is 5.69 Å². The highest BCUT2D eigenvalue weighted by Gasteiger charge is 2.20. The molecule has 0 amide bonds. The van der Waals surface area contributed by atoms with Crippen LogP contribution < -0.4 is 19.5 Å². The lowest BCUT2D eigenvalue weighted by molar-refractivity contribution is -0.0395. The number of ketones is 1. The number of rotatable bonds is 13. The quantitative estimate of drug-likeness (QED) is 0.131. The molecule has 1 heterocycles. The van der Waals surface area contributed by atoms with E-state index in [0.29, 0.717) is 40.4 Å². The summed E-state index contributed by atoms with van der Waals surface area (Å²) >= 11 is 1.54. The maximum atomic E-state index is 13.9. The predicted molar refractivity (Wildman–Crippen MR) is 148 cm³/mol. The number of benzene rings is 3. The van der Waals surface area contributed by atoms with Gasteiger partial charge in [0.05, 0.1) is 27.9 Å². The third-order valence-electron chi connectivity index (χ3n) is 5.86. The van der Waals surface area contributed by atoms with Crippen molar-refractivity contribution < 1.29 is 28.5 Å². The monoisotopic (exact) mass is 534 g/mol. The number of aromatic nitrogens is 1. The Morgan fingerprint density at radius 1 is 0.947 bits per heavy atom. The van der Waals surface area contributed by atoms with E-state index < -0.39 is 0 Å². The molecule has 0 radical (unpaired) electrons. The number of methoxy groups -OCH3 is 4. The van der Waals surface area contributed by atoms with Gasteiger partial charge >= 0.3 is 0 Å². The number of hydrogen-bond donors (Lipinski definition) is 1. The van der Waals surface area contributed by atoms with Crippen LogP contribution in [0.15, 0.2) is 66.2 Å². The van der Waals surface area contributed by atoms with Gasteiger partial charge in [-0.25, -0.2) is 4.98 Å². The smallest absolute Gasteiger partial charge is 0.195 e. The second kappa shape index (κ2) is 13.0. The van der Waals surface area contributed by atoms with Gasteiger partial charge in [-0.05, 0) is 42.0 Å². The fourth-order valence-electron chi connectivity index (χ4n) is 4.00. The highest BCUT2D eigenvalue weighted by Crippen LogP contribution is 2.35. The van der Waals surface area contributed by atoms with Gasteiger partial charge in [0.1, 0.15) is 17.6 Å². The van der Waals surface area contributed by atoms with Gasteiger partial charge < -0.3 is 29.0 Å². The van der Waals surface area contributed by atoms with Gasteiger partial charge in [0, 0.05) is 53.2 Å². The van der Waals surface area contributed by atoms with Crippen molar-refractivity contribution in [1.82, 2.24) is 4.98 Å². The van der Waals surface area contributed by atoms with Gasteiger partial charge in [-0.15, -0.1) is 11.3 Å². The summed E-state index contributed by atoms with van der Waals surface area (Å²) in [6, 6.07) is 16.9. The Bertz CT molecular complexity index is 1360. The highest BCUT2D eigenvalue weighted by atomic mass is 32.1. The first kappa shape index (κ1) is 27.1. The summed E-state index contributed by atoms with van der Waals surface area (Å²) in [6.07, 6.45) is 1.76. The van der Waals surface area contributed by atoms with E-state index in [9.17, 15) is 4.79 Å². The maximum absolute atomic E-state index is 13.9. The molecule has 8 nitrogen and oxygen atoms in total. The summed E-state index contributed by atoms with van der Waals surface area (Å²) in [5.41, 5.74) is 4.33. The van der Waals surface area contributed by atoms with E-state index in [4.69, 9.17) is 23.7 Å². The first-order valence-corrected chi connectivity index (χ1v) is 12.7. The molecule has 0 bridgehead atoms. The molecule has 0 fully saturated rings. The Balaban J connectivity index is 1.70. The molecule has 0 spiro atoms. The lowest BCUT2D eigenvalue weighted by Crippen LogP contribution is -2.10. The Labute approximate surface area is 226 Å². The fraction of sp³-hybridized carbons (Fsp3) is 0.241. The van der Waals surface area contributed by atoms with Crippen LogP contribution in [0.5, 0.6) is 17.2 Å². The minimum absolute atomic E-state index is 0.112. The van der Waals surface area contributed by atoms with Crippen LogP contribution in [0.3, 0.4) is 0 Å². The first-order valence-electron chi connectivity index (χ1n) is 11.8. The molecule has 4 rings (SSSR count). The molecule has 1 N–H and O–H groups in total. The summed E-state index contributed by atoms with van der Waals surface area (Å²) in [4.78, 5) is 18.3. The number of carbonyl (C=O) groups is 1.